The first-order valence-electron chi connectivity index (χ1n) is 6.43. The molecule has 1 aromatic carbocycles. The monoisotopic (exact) mass is 302 g/mol. The van der Waals surface area contributed by atoms with E-state index in [4.69, 9.17) is 11.0 Å². The Morgan fingerprint density at radius 1 is 1.43 bits per heavy atom. The molecule has 0 unspecified atom stereocenters. The van der Waals surface area contributed by atoms with E-state index in [9.17, 15) is 4.39 Å². The Morgan fingerprint density at radius 3 is 2.95 bits per heavy atom. The highest BCUT2D eigenvalue weighted by Crippen LogP contribution is 2.11. The molecule has 0 saturated heterocycles. The van der Waals surface area contributed by atoms with Gasteiger partial charge in [-0.2, -0.15) is 5.26 Å². The lowest BCUT2D eigenvalue weighted by Gasteiger charge is -2.05. The summed E-state index contributed by atoms with van der Waals surface area (Å²) >= 11 is 1.69. The van der Waals surface area contributed by atoms with Crippen LogP contribution in [0.3, 0.4) is 0 Å². The van der Waals surface area contributed by atoms with E-state index < -0.39 is 5.82 Å². The number of hydrogen-bond donors (Lipinski definition) is 2. The fourth-order valence-electron chi connectivity index (χ4n) is 1.74. The van der Waals surface area contributed by atoms with E-state index in [1.807, 2.05) is 17.5 Å². The topological polar surface area (TPSA) is 74.2 Å². The highest BCUT2D eigenvalue weighted by atomic mass is 32.1. The van der Waals surface area contributed by atoms with Crippen LogP contribution in [-0.2, 0) is 13.0 Å². The van der Waals surface area contributed by atoms with Crippen LogP contribution < -0.4 is 11.1 Å². The molecular formula is C15H15FN4S. The largest absolute Gasteiger partial charge is 0.370 e. The molecule has 0 amide bonds. The molecule has 0 aliphatic heterocycles. The molecule has 1 heterocycles. The van der Waals surface area contributed by atoms with Crippen molar-refractivity contribution in [2.45, 2.75) is 13.0 Å². The van der Waals surface area contributed by atoms with Crippen LogP contribution in [-0.4, -0.2) is 12.5 Å². The van der Waals surface area contributed by atoms with Crippen molar-refractivity contribution in [1.82, 2.24) is 5.32 Å². The van der Waals surface area contributed by atoms with E-state index >= 15 is 0 Å². The molecule has 0 fully saturated rings. The predicted octanol–water partition coefficient (Wildman–Crippen LogP) is 2.41. The first-order chi connectivity index (χ1) is 10.2. The number of hydrogen-bond acceptors (Lipinski definition) is 3. The SMILES string of the molecule is N#Cc1ccc(CN=C(N)NCCc2cccs2)c(F)c1. The van der Waals surface area contributed by atoms with Crippen molar-refractivity contribution in [2.24, 2.45) is 10.7 Å². The van der Waals surface area contributed by atoms with Crippen molar-refractivity contribution < 1.29 is 4.39 Å². The highest BCUT2D eigenvalue weighted by molar-refractivity contribution is 7.09. The Kier molecular flexibility index (Phi) is 5.29. The number of nitrogens with two attached hydrogens (primary N) is 1. The van der Waals surface area contributed by atoms with Crippen molar-refractivity contribution in [1.29, 1.82) is 5.26 Å². The fourth-order valence-corrected chi connectivity index (χ4v) is 2.45. The van der Waals surface area contributed by atoms with Crippen LogP contribution in [0, 0.1) is 17.1 Å². The first-order valence-corrected chi connectivity index (χ1v) is 7.31. The van der Waals surface area contributed by atoms with E-state index in [-0.39, 0.29) is 12.5 Å². The molecule has 0 aliphatic carbocycles. The number of guanidine groups is 1. The third-order valence-corrected chi connectivity index (χ3v) is 3.80. The minimum atomic E-state index is -0.441. The van der Waals surface area contributed by atoms with Crippen LogP contribution in [0.5, 0.6) is 0 Å². The number of thiophene rings is 1. The number of benzene rings is 1. The summed E-state index contributed by atoms with van der Waals surface area (Å²) in [6.45, 7) is 0.834. The van der Waals surface area contributed by atoms with E-state index in [0.29, 0.717) is 17.7 Å². The van der Waals surface area contributed by atoms with E-state index in [0.717, 1.165) is 6.42 Å². The number of halogens is 1. The molecule has 21 heavy (non-hydrogen) atoms. The lowest BCUT2D eigenvalue weighted by atomic mass is 10.1. The van der Waals surface area contributed by atoms with Gasteiger partial charge in [0.05, 0.1) is 18.2 Å². The summed E-state index contributed by atoms with van der Waals surface area (Å²) in [5, 5.41) is 13.7. The molecule has 0 atom stereocenters. The third-order valence-electron chi connectivity index (χ3n) is 2.86. The van der Waals surface area contributed by atoms with Crippen molar-refractivity contribution in [3.05, 3.63) is 57.5 Å². The van der Waals surface area contributed by atoms with Crippen molar-refractivity contribution in [2.75, 3.05) is 6.54 Å². The van der Waals surface area contributed by atoms with Gasteiger partial charge >= 0.3 is 0 Å². The zero-order valence-electron chi connectivity index (χ0n) is 11.3. The summed E-state index contributed by atoms with van der Waals surface area (Å²) < 4.78 is 13.6. The second-order valence-corrected chi connectivity index (χ2v) is 5.41. The quantitative estimate of drug-likeness (QED) is 0.658. The Morgan fingerprint density at radius 2 is 2.29 bits per heavy atom. The second kappa shape index (κ2) is 7.41. The average molecular weight is 302 g/mol. The fraction of sp³-hybridized carbons (Fsp3) is 0.200. The van der Waals surface area contributed by atoms with Gasteiger partial charge in [-0.3, -0.25) is 0 Å². The van der Waals surface area contributed by atoms with Gasteiger partial charge in [-0.1, -0.05) is 12.1 Å². The molecule has 108 valence electrons. The number of nitrogens with one attached hydrogen (secondary N) is 1. The normalized spacial score (nSPS) is 11.1. The van der Waals surface area contributed by atoms with Gasteiger partial charge in [-0.05, 0) is 30.0 Å². The van der Waals surface area contributed by atoms with Gasteiger partial charge in [0.1, 0.15) is 5.82 Å². The maximum Gasteiger partial charge on any atom is 0.188 e. The highest BCUT2D eigenvalue weighted by Gasteiger charge is 2.03. The van der Waals surface area contributed by atoms with Gasteiger partial charge in [0.25, 0.3) is 0 Å². The zero-order valence-corrected chi connectivity index (χ0v) is 12.2. The van der Waals surface area contributed by atoms with Crippen LogP contribution in [0.2, 0.25) is 0 Å². The van der Waals surface area contributed by atoms with Crippen LogP contribution in [0.4, 0.5) is 4.39 Å². The van der Waals surface area contributed by atoms with Crippen LogP contribution >= 0.6 is 11.3 Å². The van der Waals surface area contributed by atoms with Crippen molar-refractivity contribution >= 4 is 17.3 Å². The van der Waals surface area contributed by atoms with Crippen LogP contribution in [0.25, 0.3) is 0 Å². The van der Waals surface area contributed by atoms with Gasteiger partial charge in [-0.25, -0.2) is 9.38 Å². The molecule has 0 aliphatic rings. The standard InChI is InChI=1S/C15H15FN4S/c16-14-8-11(9-17)3-4-12(14)10-20-15(18)19-6-5-13-2-1-7-21-13/h1-4,7-8H,5-6,10H2,(H3,18,19,20). The maximum absolute atomic E-state index is 13.6. The van der Waals surface area contributed by atoms with E-state index in [1.165, 1.54) is 10.9 Å². The molecule has 0 spiro atoms. The van der Waals surface area contributed by atoms with Crippen molar-refractivity contribution in [3.63, 3.8) is 0 Å². The Balaban J connectivity index is 1.84. The van der Waals surface area contributed by atoms with Gasteiger partial charge in [0.15, 0.2) is 5.96 Å². The summed E-state index contributed by atoms with van der Waals surface area (Å²) in [7, 11) is 0. The average Bonchev–Trinajstić information content (AvgIpc) is 2.99. The van der Waals surface area contributed by atoms with Gasteiger partial charge in [0, 0.05) is 17.0 Å². The molecule has 0 bridgehead atoms. The number of nitrogens with zero attached hydrogens (tertiary/aromatic N) is 2. The number of rotatable bonds is 5. The van der Waals surface area contributed by atoms with Gasteiger partial charge in [-0.15, -0.1) is 11.3 Å². The van der Waals surface area contributed by atoms with Gasteiger partial charge < -0.3 is 11.1 Å². The molecular weight excluding hydrogens is 287 g/mol. The van der Waals surface area contributed by atoms with Crippen LogP contribution in [0.1, 0.15) is 16.0 Å². The van der Waals surface area contributed by atoms with Crippen LogP contribution in [0.15, 0.2) is 40.7 Å². The number of nitriles is 1. The summed E-state index contributed by atoms with van der Waals surface area (Å²) in [5.41, 5.74) is 6.44. The Bertz CT molecular complexity index is 659. The minimum absolute atomic E-state index is 0.148. The minimum Gasteiger partial charge on any atom is -0.370 e. The lowest BCUT2D eigenvalue weighted by Crippen LogP contribution is -2.33. The molecule has 0 saturated carbocycles. The Labute approximate surface area is 126 Å². The molecule has 4 nitrogen and oxygen atoms in total. The molecule has 6 heteroatoms. The van der Waals surface area contributed by atoms with Crippen molar-refractivity contribution in [3.8, 4) is 6.07 Å². The lowest BCUT2D eigenvalue weighted by molar-refractivity contribution is 0.610. The third kappa shape index (κ3) is 4.58. The number of aliphatic imine (C=N–C) groups is 1. The molecule has 0 radical (unpaired) electrons. The zero-order chi connectivity index (χ0) is 15.1. The first kappa shape index (κ1) is 15.0. The summed E-state index contributed by atoms with van der Waals surface area (Å²) in [6.07, 6.45) is 0.874. The molecule has 3 N–H and O–H groups in total. The van der Waals surface area contributed by atoms with E-state index in [2.05, 4.69) is 16.4 Å². The second-order valence-electron chi connectivity index (χ2n) is 4.38. The summed E-state index contributed by atoms with van der Waals surface area (Å²) in [6, 6.07) is 10.3. The van der Waals surface area contributed by atoms with Gasteiger partial charge in [0.2, 0.25) is 0 Å². The maximum atomic E-state index is 13.6. The molecule has 2 rings (SSSR count). The summed E-state index contributed by atoms with van der Waals surface area (Å²) in [4.78, 5) is 5.37. The Hall–Kier alpha value is -2.39. The smallest absolute Gasteiger partial charge is 0.188 e. The predicted molar refractivity (Wildman–Crippen MR) is 82.5 cm³/mol. The van der Waals surface area contributed by atoms with E-state index in [1.54, 1.807) is 23.5 Å². The summed E-state index contributed by atoms with van der Waals surface area (Å²) in [5.74, 6) is -0.153. The molecule has 2 aromatic rings. The molecule has 1 aromatic heterocycles.